The molecule has 1 saturated carbocycles. The van der Waals surface area contributed by atoms with Gasteiger partial charge in [-0.15, -0.1) is 0 Å². The predicted molar refractivity (Wildman–Crippen MR) is 95.0 cm³/mol. The highest BCUT2D eigenvalue weighted by Gasteiger charge is 2.53. The van der Waals surface area contributed by atoms with Crippen molar-refractivity contribution in [1.29, 1.82) is 0 Å². The molecule has 1 amide bonds. The fraction of sp³-hybridized carbons (Fsp3) is 0.579. The van der Waals surface area contributed by atoms with Crippen LogP contribution >= 0.6 is 0 Å². The zero-order valence-corrected chi connectivity index (χ0v) is 15.1. The summed E-state index contributed by atoms with van der Waals surface area (Å²) in [6, 6.07) is 8.07. The molecular formula is C19H26N2O4. The quantitative estimate of drug-likeness (QED) is 0.852. The SMILES string of the molecule is CC(C)(C)OC(=O)C1(c2ccc(N3CCN(C(=O)O)CC3)cc2)CC1. The minimum atomic E-state index is -0.858. The Balaban J connectivity index is 1.67. The number of carboxylic acid groups (broad SMARTS) is 1. The maximum Gasteiger partial charge on any atom is 0.407 e. The Labute approximate surface area is 148 Å². The maximum atomic E-state index is 12.5. The number of hydrogen-bond donors (Lipinski definition) is 1. The lowest BCUT2D eigenvalue weighted by molar-refractivity contribution is -0.158. The van der Waals surface area contributed by atoms with E-state index in [0.717, 1.165) is 24.1 Å². The van der Waals surface area contributed by atoms with Crippen molar-refractivity contribution in [2.24, 2.45) is 0 Å². The van der Waals surface area contributed by atoms with Gasteiger partial charge in [-0.05, 0) is 51.3 Å². The molecule has 0 bridgehead atoms. The predicted octanol–water partition coefficient (Wildman–Crippen LogP) is 2.86. The molecule has 6 heteroatoms. The van der Waals surface area contributed by atoms with Crippen molar-refractivity contribution >= 4 is 17.7 Å². The Hall–Kier alpha value is -2.24. The summed E-state index contributed by atoms with van der Waals surface area (Å²) in [5.41, 5.74) is 1.12. The second-order valence-electron chi connectivity index (χ2n) is 7.89. The number of anilines is 1. The number of amides is 1. The first-order valence-corrected chi connectivity index (χ1v) is 8.78. The monoisotopic (exact) mass is 346 g/mol. The van der Waals surface area contributed by atoms with Gasteiger partial charge in [0.25, 0.3) is 0 Å². The first-order chi connectivity index (χ1) is 11.7. The van der Waals surface area contributed by atoms with Crippen LogP contribution in [0, 0.1) is 0 Å². The van der Waals surface area contributed by atoms with E-state index in [1.165, 1.54) is 4.90 Å². The first-order valence-electron chi connectivity index (χ1n) is 8.78. The summed E-state index contributed by atoms with van der Waals surface area (Å²) >= 11 is 0. The zero-order valence-electron chi connectivity index (χ0n) is 15.1. The van der Waals surface area contributed by atoms with E-state index in [1.54, 1.807) is 0 Å². The van der Waals surface area contributed by atoms with Crippen LogP contribution in [0.15, 0.2) is 24.3 Å². The van der Waals surface area contributed by atoms with Gasteiger partial charge in [0.15, 0.2) is 0 Å². The topological polar surface area (TPSA) is 70.1 Å². The molecule has 1 aliphatic heterocycles. The van der Waals surface area contributed by atoms with Gasteiger partial charge in [0.2, 0.25) is 0 Å². The van der Waals surface area contributed by atoms with Gasteiger partial charge in [0, 0.05) is 31.9 Å². The van der Waals surface area contributed by atoms with Gasteiger partial charge in [-0.1, -0.05) is 12.1 Å². The molecular weight excluding hydrogens is 320 g/mol. The van der Waals surface area contributed by atoms with Gasteiger partial charge in [-0.3, -0.25) is 4.79 Å². The number of nitrogens with zero attached hydrogens (tertiary/aromatic N) is 2. The van der Waals surface area contributed by atoms with Crippen molar-refractivity contribution in [2.45, 2.75) is 44.6 Å². The van der Waals surface area contributed by atoms with E-state index in [-0.39, 0.29) is 5.97 Å². The Morgan fingerprint density at radius 1 is 1.04 bits per heavy atom. The van der Waals surface area contributed by atoms with Crippen LogP contribution in [-0.4, -0.2) is 53.8 Å². The number of carbonyl (C=O) groups is 2. The van der Waals surface area contributed by atoms with Gasteiger partial charge < -0.3 is 19.6 Å². The third kappa shape index (κ3) is 3.72. The Kier molecular flexibility index (Phi) is 4.39. The Morgan fingerprint density at radius 2 is 1.60 bits per heavy atom. The highest BCUT2D eigenvalue weighted by molar-refractivity contribution is 5.87. The van der Waals surface area contributed by atoms with Crippen LogP contribution < -0.4 is 4.90 Å². The summed E-state index contributed by atoms with van der Waals surface area (Å²) in [6.45, 7) is 8.06. The molecule has 2 fully saturated rings. The molecule has 1 heterocycles. The van der Waals surface area contributed by atoms with E-state index < -0.39 is 17.1 Å². The van der Waals surface area contributed by atoms with Crippen LogP contribution in [-0.2, 0) is 14.9 Å². The molecule has 0 radical (unpaired) electrons. The van der Waals surface area contributed by atoms with Crippen LogP contribution in [0.4, 0.5) is 10.5 Å². The number of benzene rings is 1. The van der Waals surface area contributed by atoms with Crippen LogP contribution in [0.25, 0.3) is 0 Å². The normalized spacial score (nSPS) is 19.5. The molecule has 1 aromatic carbocycles. The molecule has 0 unspecified atom stereocenters. The molecule has 3 rings (SSSR count). The van der Waals surface area contributed by atoms with E-state index in [1.807, 2.05) is 45.0 Å². The van der Waals surface area contributed by atoms with Gasteiger partial charge in [-0.2, -0.15) is 0 Å². The number of carbonyl (C=O) groups excluding carboxylic acids is 1. The van der Waals surface area contributed by atoms with E-state index in [0.29, 0.717) is 26.2 Å². The molecule has 1 aromatic rings. The van der Waals surface area contributed by atoms with Gasteiger partial charge in [0.05, 0.1) is 5.41 Å². The lowest BCUT2D eigenvalue weighted by Gasteiger charge is -2.34. The molecule has 0 atom stereocenters. The average molecular weight is 346 g/mol. The number of rotatable bonds is 3. The number of hydrogen-bond acceptors (Lipinski definition) is 4. The molecule has 6 nitrogen and oxygen atoms in total. The lowest BCUT2D eigenvalue weighted by Crippen LogP contribution is -2.48. The van der Waals surface area contributed by atoms with Crippen molar-refractivity contribution in [3.05, 3.63) is 29.8 Å². The molecule has 136 valence electrons. The molecule has 1 N–H and O–H groups in total. The van der Waals surface area contributed by atoms with Gasteiger partial charge in [0.1, 0.15) is 5.60 Å². The Morgan fingerprint density at radius 3 is 2.04 bits per heavy atom. The number of esters is 1. The van der Waals surface area contributed by atoms with Crippen molar-refractivity contribution in [3.8, 4) is 0 Å². The summed E-state index contributed by atoms with van der Waals surface area (Å²) in [4.78, 5) is 27.1. The molecule has 1 saturated heterocycles. The molecule has 2 aliphatic rings. The number of piperazine rings is 1. The van der Waals surface area contributed by atoms with Crippen LogP contribution in [0.5, 0.6) is 0 Å². The fourth-order valence-corrected chi connectivity index (χ4v) is 3.26. The largest absolute Gasteiger partial charge is 0.465 e. The summed E-state index contributed by atoms with van der Waals surface area (Å²) in [7, 11) is 0. The van der Waals surface area contributed by atoms with Gasteiger partial charge in [-0.25, -0.2) is 4.79 Å². The lowest BCUT2D eigenvalue weighted by atomic mass is 9.95. The molecule has 1 aliphatic carbocycles. The maximum absolute atomic E-state index is 12.5. The zero-order chi connectivity index (χ0) is 18.2. The summed E-state index contributed by atoms with van der Waals surface area (Å²) in [6.07, 6.45) is 0.805. The van der Waals surface area contributed by atoms with E-state index in [4.69, 9.17) is 9.84 Å². The molecule has 0 spiro atoms. The van der Waals surface area contributed by atoms with Crippen LogP contribution in [0.3, 0.4) is 0 Å². The first kappa shape index (κ1) is 17.6. The fourth-order valence-electron chi connectivity index (χ4n) is 3.26. The van der Waals surface area contributed by atoms with Crippen LogP contribution in [0.2, 0.25) is 0 Å². The minimum absolute atomic E-state index is 0.136. The second kappa shape index (κ2) is 6.24. The summed E-state index contributed by atoms with van der Waals surface area (Å²) in [5, 5.41) is 9.02. The van der Waals surface area contributed by atoms with Crippen LogP contribution in [0.1, 0.15) is 39.2 Å². The third-order valence-corrected chi connectivity index (χ3v) is 4.87. The van der Waals surface area contributed by atoms with Crippen molar-refractivity contribution in [2.75, 3.05) is 31.1 Å². The van der Waals surface area contributed by atoms with E-state index in [9.17, 15) is 9.59 Å². The smallest absolute Gasteiger partial charge is 0.407 e. The third-order valence-electron chi connectivity index (χ3n) is 4.87. The standard InChI is InChI=1S/C19H26N2O4/c1-18(2,3)25-16(22)19(8-9-19)14-4-6-15(7-5-14)20-10-12-21(13-11-20)17(23)24/h4-7H,8-13H2,1-3H3,(H,23,24). The highest BCUT2D eigenvalue weighted by Crippen LogP contribution is 2.50. The van der Waals surface area contributed by atoms with Crippen molar-refractivity contribution in [1.82, 2.24) is 4.90 Å². The highest BCUT2D eigenvalue weighted by atomic mass is 16.6. The van der Waals surface area contributed by atoms with E-state index >= 15 is 0 Å². The molecule has 0 aromatic heterocycles. The number of ether oxygens (including phenoxy) is 1. The minimum Gasteiger partial charge on any atom is -0.465 e. The van der Waals surface area contributed by atoms with Crippen molar-refractivity contribution < 1.29 is 19.4 Å². The Bertz CT molecular complexity index is 651. The van der Waals surface area contributed by atoms with Gasteiger partial charge >= 0.3 is 12.1 Å². The molecule has 25 heavy (non-hydrogen) atoms. The summed E-state index contributed by atoms with van der Waals surface area (Å²) in [5.74, 6) is -0.136. The second-order valence-corrected chi connectivity index (χ2v) is 7.89. The van der Waals surface area contributed by atoms with E-state index in [2.05, 4.69) is 4.90 Å². The summed E-state index contributed by atoms with van der Waals surface area (Å²) < 4.78 is 5.59. The van der Waals surface area contributed by atoms with Crippen molar-refractivity contribution in [3.63, 3.8) is 0 Å². The average Bonchev–Trinajstić information content (AvgIpc) is 3.35.